The van der Waals surface area contributed by atoms with Crippen LogP contribution in [0.25, 0.3) is 5.69 Å². The van der Waals surface area contributed by atoms with Gasteiger partial charge in [0.1, 0.15) is 5.69 Å². The smallest absolute Gasteiger partial charge is 0.333 e. The number of nitrogens with zero attached hydrogens (tertiary/aromatic N) is 2. The van der Waals surface area contributed by atoms with Crippen LogP contribution in [0.4, 0.5) is 5.69 Å². The van der Waals surface area contributed by atoms with Gasteiger partial charge in [-0.1, -0.05) is 19.9 Å². The van der Waals surface area contributed by atoms with Crippen LogP contribution < -0.4 is 16.7 Å². The number of nitrogens with one attached hydrogen (secondary N) is 1. The van der Waals surface area contributed by atoms with Gasteiger partial charge in [-0.25, -0.2) is 4.79 Å². The number of carbonyl (C=O) groups excluding carboxylic acids is 1. The van der Waals surface area contributed by atoms with Crippen molar-refractivity contribution in [3.8, 4) is 5.69 Å². The zero-order chi connectivity index (χ0) is 19.3. The normalized spacial score (nSPS) is 18.4. The highest BCUT2D eigenvalue weighted by molar-refractivity contribution is 5.97. The second-order valence-electron chi connectivity index (χ2n) is 8.78. The van der Waals surface area contributed by atoms with Crippen molar-refractivity contribution in [2.45, 2.75) is 46.1 Å². The highest BCUT2D eigenvalue weighted by Gasteiger charge is 2.36. The van der Waals surface area contributed by atoms with Crippen LogP contribution in [0, 0.1) is 11.3 Å². The second-order valence-corrected chi connectivity index (χ2v) is 8.78. The van der Waals surface area contributed by atoms with Gasteiger partial charge in [0, 0.05) is 32.2 Å². The number of hydrogen-bond acceptors (Lipinski definition) is 4. The Kier molecular flexibility index (Phi) is 4.26. The molecule has 4 rings (SSSR count). The molecule has 3 N–H and O–H groups in total. The van der Waals surface area contributed by atoms with Crippen molar-refractivity contribution in [1.29, 1.82) is 0 Å². The molecule has 0 spiro atoms. The van der Waals surface area contributed by atoms with Crippen LogP contribution in [0.15, 0.2) is 23.0 Å². The van der Waals surface area contributed by atoms with E-state index in [2.05, 4.69) is 19.2 Å². The van der Waals surface area contributed by atoms with Crippen LogP contribution in [-0.4, -0.2) is 21.5 Å². The summed E-state index contributed by atoms with van der Waals surface area (Å²) in [5.41, 5.74) is 9.76. The van der Waals surface area contributed by atoms with E-state index in [1.165, 1.54) is 17.4 Å². The van der Waals surface area contributed by atoms with Crippen molar-refractivity contribution in [2.24, 2.45) is 24.1 Å². The van der Waals surface area contributed by atoms with Crippen molar-refractivity contribution >= 4 is 11.5 Å². The Morgan fingerprint density at radius 2 is 1.96 bits per heavy atom. The van der Waals surface area contributed by atoms with Crippen molar-refractivity contribution in [1.82, 2.24) is 9.13 Å². The number of imidazole rings is 1. The maximum atomic E-state index is 13.0. The third-order valence-corrected chi connectivity index (χ3v) is 5.76. The number of benzene rings is 1. The Bertz CT molecular complexity index is 963. The van der Waals surface area contributed by atoms with Crippen molar-refractivity contribution < 1.29 is 4.79 Å². The van der Waals surface area contributed by atoms with E-state index in [4.69, 9.17) is 5.73 Å². The van der Waals surface area contributed by atoms with E-state index >= 15 is 0 Å². The summed E-state index contributed by atoms with van der Waals surface area (Å²) in [4.78, 5) is 25.7. The highest BCUT2D eigenvalue weighted by Crippen LogP contribution is 2.35. The first kappa shape index (κ1) is 18.0. The van der Waals surface area contributed by atoms with Crippen molar-refractivity contribution in [2.75, 3.05) is 11.9 Å². The van der Waals surface area contributed by atoms with Gasteiger partial charge in [-0.05, 0) is 48.3 Å². The maximum absolute atomic E-state index is 13.0. The van der Waals surface area contributed by atoms with Crippen LogP contribution in [0.5, 0.6) is 0 Å². The third-order valence-electron chi connectivity index (χ3n) is 5.76. The largest absolute Gasteiger partial charge is 0.384 e. The molecular formula is C21H28N4O2. The van der Waals surface area contributed by atoms with Crippen LogP contribution in [-0.2, 0) is 20.0 Å². The number of fused-ring (bicyclic) bond motifs is 1. The van der Waals surface area contributed by atoms with Gasteiger partial charge in [0.25, 0.3) is 0 Å². The quantitative estimate of drug-likeness (QED) is 0.850. The molecule has 1 aromatic carbocycles. The summed E-state index contributed by atoms with van der Waals surface area (Å²) in [5, 5.41) is 3.50. The lowest BCUT2D eigenvalue weighted by molar-refractivity contribution is 0.0901. The Balaban J connectivity index is 1.82. The Hall–Kier alpha value is -2.34. The van der Waals surface area contributed by atoms with Gasteiger partial charge >= 0.3 is 5.69 Å². The Morgan fingerprint density at radius 1 is 1.22 bits per heavy atom. The minimum Gasteiger partial charge on any atom is -0.384 e. The number of aromatic nitrogens is 2. The van der Waals surface area contributed by atoms with E-state index in [0.717, 1.165) is 35.1 Å². The maximum Gasteiger partial charge on any atom is 0.333 e. The van der Waals surface area contributed by atoms with Gasteiger partial charge in [0.2, 0.25) is 0 Å². The van der Waals surface area contributed by atoms with E-state index in [9.17, 15) is 9.59 Å². The molecule has 1 fully saturated rings. The summed E-state index contributed by atoms with van der Waals surface area (Å²) in [5.74, 6) is 0.787. The fraction of sp³-hybridized carbons (Fsp3) is 0.524. The van der Waals surface area contributed by atoms with E-state index in [1.807, 2.05) is 18.2 Å². The fourth-order valence-electron chi connectivity index (χ4n) is 4.09. The molecule has 6 heteroatoms. The van der Waals surface area contributed by atoms with E-state index in [1.54, 1.807) is 11.6 Å². The molecule has 0 atom stereocenters. The summed E-state index contributed by atoms with van der Waals surface area (Å²) < 4.78 is 3.21. The van der Waals surface area contributed by atoms with Crippen LogP contribution in [0.1, 0.15) is 54.9 Å². The number of hydrogen-bond donors (Lipinski definition) is 2. The van der Waals surface area contributed by atoms with Gasteiger partial charge < -0.3 is 11.1 Å². The first-order valence-electron chi connectivity index (χ1n) is 9.72. The lowest BCUT2D eigenvalue weighted by Crippen LogP contribution is -2.29. The molecule has 0 unspecified atom stereocenters. The summed E-state index contributed by atoms with van der Waals surface area (Å²) in [6.07, 6.45) is 3.71. The van der Waals surface area contributed by atoms with Crippen molar-refractivity contribution in [3.05, 3.63) is 45.6 Å². The molecule has 2 aromatic rings. The molecule has 144 valence electrons. The van der Waals surface area contributed by atoms with Crippen molar-refractivity contribution in [3.63, 3.8) is 0 Å². The van der Waals surface area contributed by atoms with E-state index in [-0.39, 0.29) is 16.9 Å². The molecule has 0 saturated heterocycles. The summed E-state index contributed by atoms with van der Waals surface area (Å²) in [6, 6.07) is 5.91. The average Bonchev–Trinajstić information content (AvgIpc) is 3.39. The number of carbonyl (C=O) groups is 1. The van der Waals surface area contributed by atoms with E-state index < -0.39 is 0 Å². The second kappa shape index (κ2) is 6.37. The first-order chi connectivity index (χ1) is 12.8. The monoisotopic (exact) mass is 368 g/mol. The van der Waals surface area contributed by atoms with Gasteiger partial charge in [-0.15, -0.1) is 0 Å². The number of nitrogens with two attached hydrogens (primary N) is 1. The predicted octanol–water partition coefficient (Wildman–Crippen LogP) is 2.61. The van der Waals surface area contributed by atoms with Gasteiger partial charge in [0.05, 0.1) is 11.4 Å². The molecule has 0 radical (unpaired) electrons. The molecule has 0 bridgehead atoms. The predicted molar refractivity (Wildman–Crippen MR) is 107 cm³/mol. The number of anilines is 1. The molecule has 1 saturated carbocycles. The number of rotatable bonds is 5. The molecular weight excluding hydrogens is 340 g/mol. The highest BCUT2D eigenvalue weighted by atomic mass is 16.2. The minimum absolute atomic E-state index is 0.0465. The lowest BCUT2D eigenvalue weighted by atomic mass is 9.77. The molecule has 0 amide bonds. The zero-order valence-corrected chi connectivity index (χ0v) is 16.3. The van der Waals surface area contributed by atoms with Crippen LogP contribution >= 0.6 is 0 Å². The van der Waals surface area contributed by atoms with Gasteiger partial charge in [-0.2, -0.15) is 0 Å². The topological polar surface area (TPSA) is 82.0 Å². The molecule has 0 aliphatic heterocycles. The molecule has 2 aliphatic carbocycles. The average molecular weight is 368 g/mol. The van der Waals surface area contributed by atoms with E-state index in [0.29, 0.717) is 25.1 Å². The van der Waals surface area contributed by atoms with Gasteiger partial charge in [0.15, 0.2) is 5.78 Å². The molecule has 1 aromatic heterocycles. The zero-order valence-electron chi connectivity index (χ0n) is 16.3. The van der Waals surface area contributed by atoms with Crippen LogP contribution in [0.2, 0.25) is 0 Å². The Morgan fingerprint density at radius 3 is 2.63 bits per heavy atom. The third kappa shape index (κ3) is 3.23. The molecule has 27 heavy (non-hydrogen) atoms. The van der Waals surface area contributed by atoms with Gasteiger partial charge in [-0.3, -0.25) is 13.9 Å². The Labute approximate surface area is 159 Å². The molecule has 6 nitrogen and oxygen atoms in total. The summed E-state index contributed by atoms with van der Waals surface area (Å²) in [7, 11) is 1.69. The number of ketones is 1. The van der Waals surface area contributed by atoms with Crippen LogP contribution in [0.3, 0.4) is 0 Å². The standard InChI is InChI=1S/C21H28N4O2/c1-21(2)9-17-19(18(26)10-21)24(3)20(27)25(17)15-7-6-14(11-22)16(8-15)23-12-13-4-5-13/h6-8,13,23H,4-5,9-12,22H2,1-3H3. The molecule has 2 aliphatic rings. The SMILES string of the molecule is Cn1c2c(n(-c3ccc(CN)c(NCC4CC4)c3)c1=O)CC(C)(C)CC2=O. The molecule has 1 heterocycles. The lowest BCUT2D eigenvalue weighted by Gasteiger charge is -2.29. The first-order valence-corrected chi connectivity index (χ1v) is 9.72. The minimum atomic E-state index is -0.167. The number of Topliss-reactive ketones (excluding diaryl/α,β-unsaturated/α-hetero) is 1. The fourth-order valence-corrected chi connectivity index (χ4v) is 4.09. The summed E-state index contributed by atoms with van der Waals surface area (Å²) in [6.45, 7) is 5.54. The summed E-state index contributed by atoms with van der Waals surface area (Å²) >= 11 is 0.